The SMILES string of the molecule is COC(=O)[C@@H]1[C@@H]([C@@H](O)c2ccccc2)C(=O)CN1C1(c2ccccc2)c2ccccc2-c2ccccc21. The smallest absolute Gasteiger partial charge is 0.324 e. The fourth-order valence-electron chi connectivity index (χ4n) is 6.35. The molecule has 1 aliphatic heterocycles. The third kappa shape index (κ3) is 3.39. The van der Waals surface area contributed by atoms with Gasteiger partial charge in [0.2, 0.25) is 0 Å². The minimum Gasteiger partial charge on any atom is -0.468 e. The number of ether oxygens (including phenoxy) is 1. The lowest BCUT2D eigenvalue weighted by Crippen LogP contribution is -2.54. The Hall–Kier alpha value is -4.06. The van der Waals surface area contributed by atoms with E-state index in [0.29, 0.717) is 5.56 Å². The number of rotatable bonds is 5. The Labute approximate surface area is 216 Å². The molecule has 6 rings (SSSR count). The molecule has 184 valence electrons. The average Bonchev–Trinajstić information content (AvgIpc) is 3.46. The molecule has 0 saturated carbocycles. The second-order valence-electron chi connectivity index (χ2n) is 9.61. The summed E-state index contributed by atoms with van der Waals surface area (Å²) < 4.78 is 5.30. The molecule has 37 heavy (non-hydrogen) atoms. The number of aliphatic hydroxyl groups is 1. The van der Waals surface area contributed by atoms with Gasteiger partial charge in [0.25, 0.3) is 0 Å². The van der Waals surface area contributed by atoms with E-state index in [9.17, 15) is 14.7 Å². The number of benzene rings is 4. The maximum absolute atomic E-state index is 13.8. The molecule has 3 atom stereocenters. The number of carbonyl (C=O) groups excluding carboxylic acids is 2. The molecule has 5 nitrogen and oxygen atoms in total. The van der Waals surface area contributed by atoms with Gasteiger partial charge < -0.3 is 9.84 Å². The molecular formula is C32H27NO4. The number of carbonyl (C=O) groups is 2. The summed E-state index contributed by atoms with van der Waals surface area (Å²) in [6.45, 7) is -0.00805. The van der Waals surface area contributed by atoms with Gasteiger partial charge in [0.15, 0.2) is 5.78 Å². The van der Waals surface area contributed by atoms with Crippen LogP contribution in [0.1, 0.15) is 28.4 Å². The van der Waals surface area contributed by atoms with Crippen LogP contribution in [0.4, 0.5) is 0 Å². The van der Waals surface area contributed by atoms with Gasteiger partial charge in [-0.2, -0.15) is 0 Å². The number of esters is 1. The summed E-state index contributed by atoms with van der Waals surface area (Å²) in [5.41, 5.74) is 4.74. The van der Waals surface area contributed by atoms with Gasteiger partial charge in [-0.25, -0.2) is 0 Å². The highest BCUT2D eigenvalue weighted by atomic mass is 16.5. The van der Waals surface area contributed by atoms with Crippen LogP contribution in [0.15, 0.2) is 109 Å². The summed E-state index contributed by atoms with van der Waals surface area (Å²) in [5.74, 6) is -1.71. The van der Waals surface area contributed by atoms with Crippen LogP contribution in [0.25, 0.3) is 11.1 Å². The van der Waals surface area contributed by atoms with Gasteiger partial charge in [-0.3, -0.25) is 14.5 Å². The van der Waals surface area contributed by atoms with E-state index in [1.807, 2.05) is 77.7 Å². The van der Waals surface area contributed by atoms with E-state index in [4.69, 9.17) is 4.74 Å². The average molecular weight is 490 g/mol. The Bertz CT molecular complexity index is 1420. The number of fused-ring (bicyclic) bond motifs is 3. The summed E-state index contributed by atoms with van der Waals surface area (Å²) in [5, 5.41) is 11.5. The standard InChI is InChI=1S/C32H27NO4/c1-37-31(36)29-28(30(35)21-12-4-2-5-13-21)27(34)20-33(29)32(22-14-6-3-7-15-22)25-18-10-8-16-23(25)24-17-9-11-19-26(24)32/h2-19,28-30,35H,20H2,1H3/t28-,29-,30-/m0/s1. The fourth-order valence-corrected chi connectivity index (χ4v) is 6.35. The number of nitrogens with zero attached hydrogens (tertiary/aromatic N) is 1. The van der Waals surface area contributed by atoms with Gasteiger partial charge in [-0.15, -0.1) is 0 Å². The monoisotopic (exact) mass is 489 g/mol. The number of likely N-dealkylation sites (tertiary alicyclic amines) is 1. The number of ketones is 1. The molecule has 1 aliphatic carbocycles. The number of aliphatic hydroxyl groups excluding tert-OH is 1. The Morgan fingerprint density at radius 3 is 1.92 bits per heavy atom. The van der Waals surface area contributed by atoms with E-state index in [-0.39, 0.29) is 12.3 Å². The zero-order valence-corrected chi connectivity index (χ0v) is 20.5. The Morgan fingerprint density at radius 2 is 1.35 bits per heavy atom. The van der Waals surface area contributed by atoms with Crippen LogP contribution in [-0.2, 0) is 19.9 Å². The maximum Gasteiger partial charge on any atom is 0.324 e. The molecule has 1 fully saturated rings. The van der Waals surface area contributed by atoms with Crippen molar-refractivity contribution in [3.63, 3.8) is 0 Å². The molecule has 0 unspecified atom stereocenters. The van der Waals surface area contributed by atoms with Crippen LogP contribution in [0.3, 0.4) is 0 Å². The van der Waals surface area contributed by atoms with Crippen LogP contribution < -0.4 is 0 Å². The summed E-state index contributed by atoms with van der Waals surface area (Å²) in [7, 11) is 1.33. The molecule has 4 aromatic carbocycles. The van der Waals surface area contributed by atoms with Gasteiger partial charge in [0, 0.05) is 0 Å². The molecular weight excluding hydrogens is 462 g/mol. The molecule has 0 radical (unpaired) electrons. The van der Waals surface area contributed by atoms with Crippen molar-refractivity contribution in [2.24, 2.45) is 5.92 Å². The molecule has 0 spiro atoms. The first-order chi connectivity index (χ1) is 18.1. The second-order valence-corrected chi connectivity index (χ2v) is 9.61. The van der Waals surface area contributed by atoms with Crippen molar-refractivity contribution in [3.8, 4) is 11.1 Å². The van der Waals surface area contributed by atoms with Gasteiger partial charge >= 0.3 is 5.97 Å². The van der Waals surface area contributed by atoms with E-state index in [2.05, 4.69) is 24.3 Å². The highest BCUT2D eigenvalue weighted by Gasteiger charge is 2.60. The van der Waals surface area contributed by atoms with E-state index < -0.39 is 29.6 Å². The third-order valence-corrected chi connectivity index (χ3v) is 7.84. The van der Waals surface area contributed by atoms with Crippen LogP contribution in [-0.4, -0.2) is 41.5 Å². The molecule has 0 aromatic heterocycles. The van der Waals surface area contributed by atoms with E-state index in [1.165, 1.54) is 7.11 Å². The van der Waals surface area contributed by atoms with Crippen molar-refractivity contribution in [2.75, 3.05) is 13.7 Å². The molecule has 0 bridgehead atoms. The lowest BCUT2D eigenvalue weighted by Gasteiger charge is -2.44. The normalized spacial score (nSPS) is 20.8. The molecule has 1 N–H and O–H groups in total. The quantitative estimate of drug-likeness (QED) is 0.411. The van der Waals surface area contributed by atoms with Crippen LogP contribution in [0, 0.1) is 5.92 Å². The van der Waals surface area contributed by atoms with Gasteiger partial charge in [0.1, 0.15) is 6.04 Å². The van der Waals surface area contributed by atoms with Gasteiger partial charge in [-0.1, -0.05) is 109 Å². The second kappa shape index (κ2) is 9.11. The van der Waals surface area contributed by atoms with Crippen molar-refractivity contribution in [2.45, 2.75) is 17.7 Å². The molecule has 5 heteroatoms. The van der Waals surface area contributed by atoms with E-state index in [0.717, 1.165) is 27.8 Å². The Kier molecular flexibility index (Phi) is 5.75. The summed E-state index contributed by atoms with van der Waals surface area (Å²) in [6.07, 6.45) is -1.15. The molecule has 4 aromatic rings. The largest absolute Gasteiger partial charge is 0.468 e. The fraction of sp³-hybridized carbons (Fsp3) is 0.188. The van der Waals surface area contributed by atoms with Crippen molar-refractivity contribution in [1.29, 1.82) is 0 Å². The minimum absolute atomic E-state index is 0.00805. The first kappa shape index (κ1) is 23.3. The zero-order chi connectivity index (χ0) is 25.6. The van der Waals surface area contributed by atoms with Gasteiger partial charge in [0.05, 0.1) is 31.2 Å². The van der Waals surface area contributed by atoms with Crippen molar-refractivity contribution >= 4 is 11.8 Å². The minimum atomic E-state index is -1.15. The number of Topliss-reactive ketones (excluding diaryl/α,β-unsaturated/α-hetero) is 1. The number of hydrogen-bond acceptors (Lipinski definition) is 5. The molecule has 2 aliphatic rings. The molecule has 0 amide bonds. The Morgan fingerprint density at radius 1 is 0.838 bits per heavy atom. The topological polar surface area (TPSA) is 66.8 Å². The Balaban J connectivity index is 1.63. The lowest BCUT2D eigenvalue weighted by molar-refractivity contribution is -0.151. The predicted octanol–water partition coefficient (Wildman–Crippen LogP) is 4.74. The summed E-state index contributed by atoms with van der Waals surface area (Å²) in [4.78, 5) is 29.3. The molecule has 1 heterocycles. The van der Waals surface area contributed by atoms with Crippen LogP contribution in [0.2, 0.25) is 0 Å². The highest BCUT2D eigenvalue weighted by molar-refractivity contribution is 5.95. The number of hydrogen-bond donors (Lipinski definition) is 1. The highest BCUT2D eigenvalue weighted by Crippen LogP contribution is 2.56. The van der Waals surface area contributed by atoms with Crippen LogP contribution in [0.5, 0.6) is 0 Å². The van der Waals surface area contributed by atoms with E-state index >= 15 is 0 Å². The predicted molar refractivity (Wildman–Crippen MR) is 141 cm³/mol. The zero-order valence-electron chi connectivity index (χ0n) is 20.5. The maximum atomic E-state index is 13.8. The number of methoxy groups -OCH3 is 1. The van der Waals surface area contributed by atoms with E-state index in [1.54, 1.807) is 12.1 Å². The first-order valence-corrected chi connectivity index (χ1v) is 12.4. The van der Waals surface area contributed by atoms with Crippen molar-refractivity contribution in [1.82, 2.24) is 4.90 Å². The molecule has 1 saturated heterocycles. The van der Waals surface area contributed by atoms with Crippen LogP contribution >= 0.6 is 0 Å². The van der Waals surface area contributed by atoms with Crippen molar-refractivity contribution in [3.05, 3.63) is 131 Å². The van der Waals surface area contributed by atoms with Crippen molar-refractivity contribution < 1.29 is 19.4 Å². The van der Waals surface area contributed by atoms with Gasteiger partial charge in [-0.05, 0) is 33.4 Å². The first-order valence-electron chi connectivity index (χ1n) is 12.4. The summed E-state index contributed by atoms with van der Waals surface area (Å²) in [6, 6.07) is 34.3. The summed E-state index contributed by atoms with van der Waals surface area (Å²) >= 11 is 0. The lowest BCUT2D eigenvalue weighted by atomic mass is 9.78. The third-order valence-electron chi connectivity index (χ3n) is 7.84.